The molecular weight excluding hydrogens is 298 g/mol. The van der Waals surface area contributed by atoms with Gasteiger partial charge in [-0.2, -0.15) is 14.9 Å². The third-order valence-corrected chi connectivity index (χ3v) is 3.94. The van der Waals surface area contributed by atoms with E-state index in [2.05, 4.69) is 21.5 Å². The van der Waals surface area contributed by atoms with Crippen LogP contribution in [0, 0.1) is 11.3 Å². The molecule has 1 aromatic carbocycles. The summed E-state index contributed by atoms with van der Waals surface area (Å²) in [7, 11) is 0. The fourth-order valence-corrected chi connectivity index (χ4v) is 2.72. The Morgan fingerprint density at radius 1 is 1.32 bits per heavy atom. The number of aromatic nitrogens is 3. The van der Waals surface area contributed by atoms with Gasteiger partial charge in [0.05, 0.1) is 17.8 Å². The summed E-state index contributed by atoms with van der Waals surface area (Å²) in [5, 5.41) is 17.1. The van der Waals surface area contributed by atoms with Crippen LogP contribution in [-0.4, -0.2) is 14.6 Å². The highest BCUT2D eigenvalue weighted by Gasteiger charge is 2.28. The Balaban J connectivity index is 1.79. The number of fused-ring (bicyclic) bond motifs is 1. The van der Waals surface area contributed by atoms with E-state index in [0.717, 1.165) is 22.7 Å². The van der Waals surface area contributed by atoms with Gasteiger partial charge in [-0.3, -0.25) is 0 Å². The summed E-state index contributed by atoms with van der Waals surface area (Å²) < 4.78 is 1.76. The van der Waals surface area contributed by atoms with Gasteiger partial charge in [-0.1, -0.05) is 17.7 Å². The molecule has 1 N–H and O–H groups in total. The molecule has 0 bridgehead atoms. The number of nitriles is 1. The van der Waals surface area contributed by atoms with Crippen molar-refractivity contribution in [3.8, 4) is 6.07 Å². The Morgan fingerprint density at radius 3 is 2.95 bits per heavy atom. The monoisotopic (exact) mass is 309 g/mol. The van der Waals surface area contributed by atoms with Crippen LogP contribution in [0.25, 0.3) is 5.65 Å². The van der Waals surface area contributed by atoms with E-state index < -0.39 is 0 Å². The molecule has 1 aliphatic rings. The van der Waals surface area contributed by atoms with Gasteiger partial charge in [0, 0.05) is 17.3 Å². The van der Waals surface area contributed by atoms with Crippen LogP contribution in [0.2, 0.25) is 5.15 Å². The molecule has 0 unspecified atom stereocenters. The Labute approximate surface area is 132 Å². The molecule has 5 nitrogen and oxygen atoms in total. The Morgan fingerprint density at radius 2 is 2.18 bits per heavy atom. The Kier molecular flexibility index (Phi) is 2.98. The van der Waals surface area contributed by atoms with Crippen LogP contribution in [0.3, 0.4) is 0 Å². The molecule has 2 aromatic heterocycles. The topological polar surface area (TPSA) is 66.0 Å². The van der Waals surface area contributed by atoms with E-state index >= 15 is 0 Å². The number of halogens is 1. The zero-order chi connectivity index (χ0) is 15.1. The van der Waals surface area contributed by atoms with E-state index in [-0.39, 0.29) is 0 Å². The van der Waals surface area contributed by atoms with E-state index in [1.165, 1.54) is 12.8 Å². The summed E-state index contributed by atoms with van der Waals surface area (Å²) in [4.78, 5) is 4.41. The molecule has 22 heavy (non-hydrogen) atoms. The fourth-order valence-electron chi connectivity index (χ4n) is 2.54. The molecule has 0 spiro atoms. The van der Waals surface area contributed by atoms with Gasteiger partial charge in [0.25, 0.3) is 0 Å². The maximum atomic E-state index is 8.99. The lowest BCUT2D eigenvalue weighted by atomic mass is 10.2. The van der Waals surface area contributed by atoms with Crippen molar-refractivity contribution >= 4 is 28.8 Å². The molecule has 1 fully saturated rings. The van der Waals surface area contributed by atoms with Crippen molar-refractivity contribution in [2.45, 2.75) is 18.8 Å². The Bertz CT molecular complexity index is 905. The van der Waals surface area contributed by atoms with Crippen LogP contribution in [0.5, 0.6) is 0 Å². The normalized spacial score (nSPS) is 14.0. The third-order valence-electron chi connectivity index (χ3n) is 3.75. The zero-order valence-corrected chi connectivity index (χ0v) is 12.4. The van der Waals surface area contributed by atoms with Gasteiger partial charge >= 0.3 is 0 Å². The number of nitrogens with zero attached hydrogens (tertiary/aromatic N) is 4. The van der Waals surface area contributed by atoms with Crippen LogP contribution < -0.4 is 5.32 Å². The second-order valence-electron chi connectivity index (χ2n) is 5.39. The molecule has 4 rings (SSSR count). The number of rotatable bonds is 3. The largest absolute Gasteiger partial charge is 0.340 e. The molecule has 2 heterocycles. The van der Waals surface area contributed by atoms with Gasteiger partial charge in [-0.05, 0) is 37.0 Å². The number of nitrogens with one attached hydrogen (secondary N) is 1. The summed E-state index contributed by atoms with van der Waals surface area (Å²) in [6.45, 7) is 0. The van der Waals surface area contributed by atoms with E-state index in [9.17, 15) is 0 Å². The lowest BCUT2D eigenvalue weighted by Gasteiger charge is -2.09. The van der Waals surface area contributed by atoms with Crippen LogP contribution in [0.4, 0.5) is 11.5 Å². The summed E-state index contributed by atoms with van der Waals surface area (Å²) >= 11 is 6.16. The predicted octanol–water partition coefficient (Wildman–Crippen LogP) is 3.88. The van der Waals surface area contributed by atoms with Gasteiger partial charge in [0.2, 0.25) is 0 Å². The van der Waals surface area contributed by atoms with Crippen molar-refractivity contribution in [1.82, 2.24) is 14.6 Å². The van der Waals surface area contributed by atoms with E-state index in [4.69, 9.17) is 16.9 Å². The highest BCUT2D eigenvalue weighted by molar-refractivity contribution is 6.29. The third kappa shape index (κ3) is 2.28. The predicted molar refractivity (Wildman–Crippen MR) is 84.4 cm³/mol. The van der Waals surface area contributed by atoms with E-state index in [1.807, 2.05) is 18.3 Å². The van der Waals surface area contributed by atoms with Gasteiger partial charge in [-0.15, -0.1) is 0 Å². The minimum Gasteiger partial charge on any atom is -0.340 e. The molecule has 0 radical (unpaired) electrons. The molecule has 6 heteroatoms. The molecule has 3 aromatic rings. The maximum absolute atomic E-state index is 8.99. The zero-order valence-electron chi connectivity index (χ0n) is 11.6. The van der Waals surface area contributed by atoms with Crippen LogP contribution in [0.15, 0.2) is 36.5 Å². The first kappa shape index (κ1) is 13.1. The molecule has 0 atom stereocenters. The maximum Gasteiger partial charge on any atom is 0.162 e. The van der Waals surface area contributed by atoms with Gasteiger partial charge in [-0.25, -0.2) is 4.98 Å². The lowest BCUT2D eigenvalue weighted by Crippen LogP contribution is -2.02. The second kappa shape index (κ2) is 5.00. The summed E-state index contributed by atoms with van der Waals surface area (Å²) in [5.74, 6) is 1.29. The van der Waals surface area contributed by atoms with Crippen LogP contribution in [-0.2, 0) is 0 Å². The smallest absolute Gasteiger partial charge is 0.162 e. The first-order chi connectivity index (χ1) is 10.7. The minimum atomic E-state index is 0.425. The summed E-state index contributed by atoms with van der Waals surface area (Å²) in [5.41, 5.74) is 3.36. The minimum absolute atomic E-state index is 0.425. The van der Waals surface area contributed by atoms with Crippen molar-refractivity contribution in [3.05, 3.63) is 52.8 Å². The quantitative estimate of drug-likeness (QED) is 0.746. The molecule has 108 valence electrons. The molecular formula is C16H12ClN5. The average molecular weight is 310 g/mol. The van der Waals surface area contributed by atoms with Gasteiger partial charge in [0.1, 0.15) is 11.0 Å². The summed E-state index contributed by atoms with van der Waals surface area (Å²) in [6, 6.07) is 11.1. The van der Waals surface area contributed by atoms with Crippen molar-refractivity contribution in [1.29, 1.82) is 5.26 Å². The van der Waals surface area contributed by atoms with Crippen molar-refractivity contribution in [2.24, 2.45) is 0 Å². The SMILES string of the molecule is N#Cc1cccc(Nc2cc(Cl)nc3c(C4CC4)cnn23)c1. The van der Waals surface area contributed by atoms with Crippen molar-refractivity contribution < 1.29 is 0 Å². The molecule has 0 saturated heterocycles. The van der Waals surface area contributed by atoms with Crippen LogP contribution >= 0.6 is 11.6 Å². The van der Waals surface area contributed by atoms with E-state index in [1.54, 1.807) is 22.7 Å². The number of benzene rings is 1. The standard InChI is InChI=1S/C16H12ClN5/c17-14-7-15(20-12-3-1-2-10(6-12)8-18)22-16(21-14)13(9-19-22)11-4-5-11/h1-3,6-7,9,11,20H,4-5H2. The van der Waals surface area contributed by atoms with Crippen molar-refractivity contribution in [2.75, 3.05) is 5.32 Å². The summed E-state index contributed by atoms with van der Waals surface area (Å²) in [6.07, 6.45) is 4.23. The first-order valence-corrected chi connectivity index (χ1v) is 7.44. The van der Waals surface area contributed by atoms with Gasteiger partial charge in [0.15, 0.2) is 5.65 Å². The fraction of sp³-hybridized carbons (Fsp3) is 0.188. The van der Waals surface area contributed by atoms with Gasteiger partial charge < -0.3 is 5.32 Å². The Hall–Kier alpha value is -2.58. The van der Waals surface area contributed by atoms with E-state index in [0.29, 0.717) is 16.6 Å². The second-order valence-corrected chi connectivity index (χ2v) is 5.78. The first-order valence-electron chi connectivity index (χ1n) is 7.06. The van der Waals surface area contributed by atoms with Crippen LogP contribution in [0.1, 0.15) is 29.9 Å². The average Bonchev–Trinajstić information content (AvgIpc) is 3.27. The number of anilines is 2. The highest BCUT2D eigenvalue weighted by Crippen LogP contribution is 2.42. The molecule has 0 amide bonds. The highest BCUT2D eigenvalue weighted by atomic mass is 35.5. The lowest BCUT2D eigenvalue weighted by molar-refractivity contribution is 0.947. The molecule has 0 aliphatic heterocycles. The molecule has 1 saturated carbocycles. The molecule has 1 aliphatic carbocycles. The number of hydrogen-bond donors (Lipinski definition) is 1. The van der Waals surface area contributed by atoms with Crippen molar-refractivity contribution in [3.63, 3.8) is 0 Å². The number of hydrogen-bond acceptors (Lipinski definition) is 4.